The summed E-state index contributed by atoms with van der Waals surface area (Å²) in [6.45, 7) is 2.36. The molecule has 0 spiro atoms. The minimum atomic E-state index is -0.972. The number of piperidine rings is 1. The van der Waals surface area contributed by atoms with Gasteiger partial charge >= 0.3 is 0 Å². The quantitative estimate of drug-likeness (QED) is 0.799. The third-order valence-corrected chi connectivity index (χ3v) is 5.06. The van der Waals surface area contributed by atoms with Crippen LogP contribution in [-0.4, -0.2) is 35.2 Å². The maximum atomic E-state index is 13.3. The van der Waals surface area contributed by atoms with Crippen LogP contribution >= 0.6 is 0 Å². The largest absolute Gasteiger partial charge is 0.378 e. The Bertz CT molecular complexity index is 779. The summed E-state index contributed by atoms with van der Waals surface area (Å²) in [5, 5.41) is 10.1. The van der Waals surface area contributed by atoms with Crippen molar-refractivity contribution in [3.8, 4) is 12.3 Å². The first-order chi connectivity index (χ1) is 13.0. The van der Waals surface area contributed by atoms with Crippen LogP contribution in [0.2, 0.25) is 0 Å². The maximum absolute atomic E-state index is 13.3. The number of aliphatic hydroxyl groups is 1. The Morgan fingerprint density at radius 2 is 1.48 bits per heavy atom. The summed E-state index contributed by atoms with van der Waals surface area (Å²) in [7, 11) is 0. The molecule has 27 heavy (non-hydrogen) atoms. The first kappa shape index (κ1) is 19.3. The number of hydrogen-bond donors (Lipinski definition) is 1. The van der Waals surface area contributed by atoms with E-state index < -0.39 is 5.60 Å². The number of hydrogen-bond acceptors (Lipinski definition) is 2. The minimum absolute atomic E-state index is 0.286. The van der Waals surface area contributed by atoms with Gasteiger partial charge in [-0.15, -0.1) is 6.42 Å². The molecule has 1 aliphatic heterocycles. The van der Waals surface area contributed by atoms with Crippen LogP contribution in [0.5, 0.6) is 0 Å². The average molecular weight is 367 g/mol. The predicted molar refractivity (Wildman–Crippen MR) is 104 cm³/mol. The Morgan fingerprint density at radius 3 is 1.93 bits per heavy atom. The fraction of sp³-hybridized carbons (Fsp3) is 0.304. The molecule has 4 heteroatoms. The number of likely N-dealkylation sites (tertiary alicyclic amines) is 1. The lowest BCUT2D eigenvalue weighted by atomic mass is 9.92. The molecular weight excluding hydrogens is 344 g/mol. The van der Waals surface area contributed by atoms with Crippen molar-refractivity contribution in [1.82, 2.24) is 4.90 Å². The third-order valence-electron chi connectivity index (χ3n) is 5.06. The molecule has 3 rings (SSSR count). The highest BCUT2D eigenvalue weighted by Gasteiger charge is 2.29. The third kappa shape index (κ3) is 5.03. The molecule has 0 unspecified atom stereocenters. The molecule has 140 valence electrons. The first-order valence-electron chi connectivity index (χ1n) is 9.14. The van der Waals surface area contributed by atoms with Crippen LogP contribution in [0.25, 0.3) is 5.57 Å². The molecular formula is C23H23F2NO. The van der Waals surface area contributed by atoms with Crippen LogP contribution in [-0.2, 0) is 0 Å². The van der Waals surface area contributed by atoms with E-state index in [1.807, 2.05) is 0 Å². The van der Waals surface area contributed by atoms with Gasteiger partial charge in [-0.3, -0.25) is 0 Å². The SMILES string of the molecule is C#CC1(O)CCN(CCC=C(c2ccc(F)cc2)c2ccc(F)cc2)CC1. The van der Waals surface area contributed by atoms with Gasteiger partial charge in [-0.05, 0) is 47.4 Å². The van der Waals surface area contributed by atoms with Crippen molar-refractivity contribution in [2.45, 2.75) is 24.9 Å². The molecule has 1 fully saturated rings. The van der Waals surface area contributed by atoms with Gasteiger partial charge < -0.3 is 10.0 Å². The number of rotatable bonds is 5. The Kier molecular flexibility index (Phi) is 6.05. The van der Waals surface area contributed by atoms with Gasteiger partial charge in [0, 0.05) is 32.5 Å². The molecule has 0 saturated carbocycles. The molecule has 1 saturated heterocycles. The van der Waals surface area contributed by atoms with E-state index in [0.717, 1.165) is 42.8 Å². The standard InChI is InChI=1S/C23H23F2NO/c1-2-23(27)13-16-26(17-14-23)15-3-4-22(18-5-9-20(24)10-6-18)19-7-11-21(25)12-8-19/h1,4-12,27H,3,13-17H2. The Balaban J connectivity index is 1.72. The first-order valence-corrected chi connectivity index (χ1v) is 9.14. The summed E-state index contributed by atoms with van der Waals surface area (Å²) in [5.74, 6) is 1.91. The van der Waals surface area contributed by atoms with Gasteiger partial charge in [-0.2, -0.15) is 0 Å². The highest BCUT2D eigenvalue weighted by atomic mass is 19.1. The van der Waals surface area contributed by atoms with Gasteiger partial charge in [0.1, 0.15) is 17.2 Å². The van der Waals surface area contributed by atoms with Crippen molar-refractivity contribution < 1.29 is 13.9 Å². The summed E-state index contributed by atoms with van der Waals surface area (Å²) >= 11 is 0. The van der Waals surface area contributed by atoms with Crippen LogP contribution in [0.1, 0.15) is 30.4 Å². The van der Waals surface area contributed by atoms with Crippen LogP contribution in [0.15, 0.2) is 54.6 Å². The minimum Gasteiger partial charge on any atom is -0.378 e. The molecule has 1 aliphatic rings. The van der Waals surface area contributed by atoms with Crippen molar-refractivity contribution in [3.05, 3.63) is 77.4 Å². The summed E-state index contributed by atoms with van der Waals surface area (Å²) in [5.41, 5.74) is 1.76. The van der Waals surface area contributed by atoms with Gasteiger partial charge in [0.25, 0.3) is 0 Å². The topological polar surface area (TPSA) is 23.5 Å². The van der Waals surface area contributed by atoms with E-state index >= 15 is 0 Å². The smallest absolute Gasteiger partial charge is 0.127 e. The molecule has 0 bridgehead atoms. The number of terminal acetylenes is 1. The fourth-order valence-corrected chi connectivity index (χ4v) is 3.34. The molecule has 2 aromatic rings. The van der Waals surface area contributed by atoms with E-state index in [-0.39, 0.29) is 11.6 Å². The summed E-state index contributed by atoms with van der Waals surface area (Å²) in [6.07, 6.45) is 9.44. The molecule has 0 radical (unpaired) electrons. The van der Waals surface area contributed by atoms with Crippen molar-refractivity contribution >= 4 is 5.57 Å². The highest BCUT2D eigenvalue weighted by molar-refractivity contribution is 5.79. The lowest BCUT2D eigenvalue weighted by Gasteiger charge is -2.34. The van der Waals surface area contributed by atoms with Crippen LogP contribution < -0.4 is 0 Å². The number of halogens is 2. The van der Waals surface area contributed by atoms with Gasteiger partial charge in [0.15, 0.2) is 0 Å². The lowest BCUT2D eigenvalue weighted by Crippen LogP contribution is -2.43. The average Bonchev–Trinajstić information content (AvgIpc) is 2.69. The van der Waals surface area contributed by atoms with Crippen molar-refractivity contribution in [3.63, 3.8) is 0 Å². The normalized spacial score (nSPS) is 16.5. The van der Waals surface area contributed by atoms with Crippen molar-refractivity contribution in [2.24, 2.45) is 0 Å². The summed E-state index contributed by atoms with van der Waals surface area (Å²) in [4.78, 5) is 2.27. The van der Waals surface area contributed by atoms with Gasteiger partial charge in [-0.25, -0.2) is 8.78 Å². The second-order valence-electron chi connectivity index (χ2n) is 6.94. The summed E-state index contributed by atoms with van der Waals surface area (Å²) < 4.78 is 26.6. The fourth-order valence-electron chi connectivity index (χ4n) is 3.34. The molecule has 0 aromatic heterocycles. The molecule has 1 N–H and O–H groups in total. The van der Waals surface area contributed by atoms with E-state index in [9.17, 15) is 13.9 Å². The molecule has 1 heterocycles. The molecule has 0 amide bonds. The second kappa shape index (κ2) is 8.47. The van der Waals surface area contributed by atoms with Crippen LogP contribution in [0, 0.1) is 24.0 Å². The predicted octanol–water partition coefficient (Wildman–Crippen LogP) is 4.25. The zero-order chi connectivity index (χ0) is 19.3. The number of benzene rings is 2. The van der Waals surface area contributed by atoms with E-state index in [1.54, 1.807) is 24.3 Å². The molecule has 0 atom stereocenters. The second-order valence-corrected chi connectivity index (χ2v) is 6.94. The van der Waals surface area contributed by atoms with Crippen LogP contribution in [0.3, 0.4) is 0 Å². The zero-order valence-electron chi connectivity index (χ0n) is 15.2. The Hall–Kier alpha value is -2.48. The monoisotopic (exact) mass is 367 g/mol. The maximum Gasteiger partial charge on any atom is 0.127 e. The van der Waals surface area contributed by atoms with Gasteiger partial charge in [0.05, 0.1) is 0 Å². The van der Waals surface area contributed by atoms with Crippen LogP contribution in [0.4, 0.5) is 8.78 Å². The Morgan fingerprint density at radius 1 is 1.00 bits per heavy atom. The number of nitrogens with zero attached hydrogens (tertiary/aromatic N) is 1. The van der Waals surface area contributed by atoms with E-state index in [0.29, 0.717) is 12.8 Å². The lowest BCUT2D eigenvalue weighted by molar-refractivity contribution is 0.0279. The van der Waals surface area contributed by atoms with Gasteiger partial charge in [-0.1, -0.05) is 36.3 Å². The van der Waals surface area contributed by atoms with Crippen molar-refractivity contribution in [2.75, 3.05) is 19.6 Å². The zero-order valence-corrected chi connectivity index (χ0v) is 15.2. The van der Waals surface area contributed by atoms with E-state index in [4.69, 9.17) is 6.42 Å². The van der Waals surface area contributed by atoms with Crippen molar-refractivity contribution in [1.29, 1.82) is 0 Å². The van der Waals surface area contributed by atoms with Gasteiger partial charge in [0.2, 0.25) is 0 Å². The Labute approximate surface area is 159 Å². The highest BCUT2D eigenvalue weighted by Crippen LogP contribution is 2.26. The molecule has 2 aromatic carbocycles. The molecule has 2 nitrogen and oxygen atoms in total. The summed E-state index contributed by atoms with van der Waals surface area (Å²) in [6, 6.07) is 12.7. The van der Waals surface area contributed by atoms with E-state index in [2.05, 4.69) is 16.9 Å². The molecule has 0 aliphatic carbocycles. The van der Waals surface area contributed by atoms with E-state index in [1.165, 1.54) is 24.3 Å².